The van der Waals surface area contributed by atoms with Crippen LogP contribution in [0.5, 0.6) is 0 Å². The van der Waals surface area contributed by atoms with Crippen LogP contribution in [0.3, 0.4) is 0 Å². The maximum absolute atomic E-state index is 11.9. The summed E-state index contributed by atoms with van der Waals surface area (Å²) in [6.45, 7) is -0.440. The van der Waals surface area contributed by atoms with Crippen molar-refractivity contribution in [2.45, 2.75) is 25.1 Å². The summed E-state index contributed by atoms with van der Waals surface area (Å²) < 4.78 is 35.6. The van der Waals surface area contributed by atoms with Crippen molar-refractivity contribution < 1.29 is 18.0 Å². The van der Waals surface area contributed by atoms with Crippen molar-refractivity contribution in [1.82, 2.24) is 5.32 Å². The second-order valence-corrected chi connectivity index (χ2v) is 3.95. The number of halogens is 3. The molecule has 0 bridgehead atoms. The van der Waals surface area contributed by atoms with E-state index in [1.165, 1.54) is 0 Å². The molecule has 0 aliphatic carbocycles. The van der Waals surface area contributed by atoms with E-state index in [-0.39, 0.29) is 0 Å². The maximum Gasteiger partial charge on any atom is 0.390 e. The number of benzene rings is 1. The highest BCUT2D eigenvalue weighted by atomic mass is 19.4. The van der Waals surface area contributed by atoms with Crippen LogP contribution in [-0.2, 0) is 11.2 Å². The number of alkyl halides is 3. The van der Waals surface area contributed by atoms with Crippen LogP contribution < -0.4 is 11.1 Å². The van der Waals surface area contributed by atoms with Gasteiger partial charge in [-0.25, -0.2) is 0 Å². The number of carbonyl (C=O) groups excluding carboxylic acids is 1. The molecule has 0 fully saturated rings. The highest BCUT2D eigenvalue weighted by molar-refractivity contribution is 5.81. The van der Waals surface area contributed by atoms with Crippen LogP contribution in [-0.4, -0.2) is 24.7 Å². The van der Waals surface area contributed by atoms with Gasteiger partial charge in [-0.1, -0.05) is 30.3 Å². The van der Waals surface area contributed by atoms with E-state index < -0.39 is 31.1 Å². The van der Waals surface area contributed by atoms with Crippen molar-refractivity contribution in [3.8, 4) is 0 Å². The molecule has 3 nitrogen and oxygen atoms in total. The molecule has 1 unspecified atom stereocenters. The summed E-state index contributed by atoms with van der Waals surface area (Å²) in [4.78, 5) is 11.4. The number of hydrogen-bond acceptors (Lipinski definition) is 2. The largest absolute Gasteiger partial charge is 0.390 e. The first kappa shape index (κ1) is 14.5. The Labute approximate surface area is 103 Å². The van der Waals surface area contributed by atoms with Crippen molar-refractivity contribution in [2.24, 2.45) is 5.73 Å². The number of carbonyl (C=O) groups is 1. The molecule has 0 aromatic heterocycles. The molecule has 1 rings (SSSR count). The van der Waals surface area contributed by atoms with Gasteiger partial charge >= 0.3 is 6.18 Å². The monoisotopic (exact) mass is 260 g/mol. The van der Waals surface area contributed by atoms with Gasteiger partial charge in [-0.3, -0.25) is 4.79 Å². The van der Waals surface area contributed by atoms with Crippen LogP contribution in [0.15, 0.2) is 30.3 Å². The van der Waals surface area contributed by atoms with E-state index in [0.717, 1.165) is 5.56 Å². The maximum atomic E-state index is 11.9. The van der Waals surface area contributed by atoms with E-state index in [4.69, 9.17) is 5.73 Å². The Morgan fingerprint density at radius 2 is 1.89 bits per heavy atom. The van der Waals surface area contributed by atoms with Gasteiger partial charge in [0.1, 0.15) is 0 Å². The van der Waals surface area contributed by atoms with Crippen molar-refractivity contribution in [3.05, 3.63) is 35.9 Å². The van der Waals surface area contributed by atoms with Gasteiger partial charge in [0, 0.05) is 6.54 Å². The van der Waals surface area contributed by atoms with E-state index in [2.05, 4.69) is 5.32 Å². The fourth-order valence-electron chi connectivity index (χ4n) is 1.42. The second kappa shape index (κ2) is 6.39. The lowest BCUT2D eigenvalue weighted by Crippen LogP contribution is -2.43. The van der Waals surface area contributed by atoms with Crippen molar-refractivity contribution in [1.29, 1.82) is 0 Å². The standard InChI is InChI=1S/C12H15F3N2O/c13-12(14,15)6-7-17-11(18)10(16)8-9-4-2-1-3-5-9/h1-5,10H,6-8,16H2,(H,17,18). The molecule has 0 saturated heterocycles. The SMILES string of the molecule is NC(Cc1ccccc1)C(=O)NCCC(F)(F)F. The average Bonchev–Trinajstić information content (AvgIpc) is 2.28. The molecule has 1 aromatic carbocycles. The number of nitrogens with two attached hydrogens (primary N) is 1. The quantitative estimate of drug-likeness (QED) is 0.845. The van der Waals surface area contributed by atoms with Gasteiger partial charge in [0.25, 0.3) is 0 Å². The van der Waals surface area contributed by atoms with E-state index >= 15 is 0 Å². The fraction of sp³-hybridized carbons (Fsp3) is 0.417. The average molecular weight is 260 g/mol. The van der Waals surface area contributed by atoms with Gasteiger partial charge in [-0.2, -0.15) is 13.2 Å². The summed E-state index contributed by atoms with van der Waals surface area (Å²) in [6, 6.07) is 8.23. The molecular weight excluding hydrogens is 245 g/mol. The van der Waals surface area contributed by atoms with Crippen LogP contribution in [0, 0.1) is 0 Å². The zero-order valence-corrected chi connectivity index (χ0v) is 9.70. The fourth-order valence-corrected chi connectivity index (χ4v) is 1.42. The zero-order valence-electron chi connectivity index (χ0n) is 9.70. The highest BCUT2D eigenvalue weighted by Crippen LogP contribution is 2.18. The van der Waals surface area contributed by atoms with E-state index in [1.54, 1.807) is 0 Å². The third-order valence-electron chi connectivity index (χ3n) is 2.34. The zero-order chi connectivity index (χ0) is 13.6. The first-order valence-electron chi connectivity index (χ1n) is 5.52. The number of amides is 1. The third-order valence-corrected chi connectivity index (χ3v) is 2.34. The Bertz CT molecular complexity index is 379. The van der Waals surface area contributed by atoms with Crippen molar-refractivity contribution >= 4 is 5.91 Å². The molecule has 100 valence electrons. The van der Waals surface area contributed by atoms with Gasteiger partial charge in [0.15, 0.2) is 0 Å². The summed E-state index contributed by atoms with van der Waals surface area (Å²) in [5, 5.41) is 2.18. The molecule has 1 atom stereocenters. The van der Waals surface area contributed by atoms with Crippen molar-refractivity contribution in [2.75, 3.05) is 6.54 Å². The molecule has 0 saturated carbocycles. The summed E-state index contributed by atoms with van der Waals surface area (Å²) in [6.07, 6.45) is -5.01. The van der Waals surface area contributed by atoms with E-state index in [9.17, 15) is 18.0 Å². The molecule has 1 amide bonds. The Hall–Kier alpha value is -1.56. The minimum Gasteiger partial charge on any atom is -0.354 e. The minimum atomic E-state index is -4.27. The predicted molar refractivity (Wildman–Crippen MR) is 61.8 cm³/mol. The first-order valence-corrected chi connectivity index (χ1v) is 5.52. The minimum absolute atomic E-state index is 0.304. The molecule has 3 N–H and O–H groups in total. The summed E-state index contributed by atoms with van der Waals surface area (Å²) in [7, 11) is 0. The molecule has 6 heteroatoms. The Kier molecular flexibility index (Phi) is 5.15. The Morgan fingerprint density at radius 1 is 1.28 bits per heavy atom. The van der Waals surface area contributed by atoms with Crippen LogP contribution in [0.4, 0.5) is 13.2 Å². The molecule has 0 aliphatic rings. The molecule has 1 aromatic rings. The van der Waals surface area contributed by atoms with Gasteiger partial charge in [-0.15, -0.1) is 0 Å². The van der Waals surface area contributed by atoms with E-state index in [1.807, 2.05) is 30.3 Å². The summed E-state index contributed by atoms with van der Waals surface area (Å²) in [5.74, 6) is -0.567. The first-order chi connectivity index (χ1) is 8.38. The predicted octanol–water partition coefficient (Wildman–Crippen LogP) is 1.63. The van der Waals surface area contributed by atoms with Crippen LogP contribution in [0.2, 0.25) is 0 Å². The highest BCUT2D eigenvalue weighted by Gasteiger charge is 2.27. The normalized spacial score (nSPS) is 13.1. The molecule has 0 radical (unpaired) electrons. The molecule has 18 heavy (non-hydrogen) atoms. The molecular formula is C12H15F3N2O. The summed E-state index contributed by atoms with van der Waals surface area (Å²) in [5.41, 5.74) is 6.48. The molecule has 0 spiro atoms. The molecule has 0 heterocycles. The van der Waals surface area contributed by atoms with Crippen LogP contribution in [0.1, 0.15) is 12.0 Å². The number of rotatable bonds is 5. The Morgan fingerprint density at radius 3 is 2.44 bits per heavy atom. The topological polar surface area (TPSA) is 55.1 Å². The van der Waals surface area contributed by atoms with E-state index in [0.29, 0.717) is 6.42 Å². The number of hydrogen-bond donors (Lipinski definition) is 2. The summed E-state index contributed by atoms with van der Waals surface area (Å²) >= 11 is 0. The van der Waals surface area contributed by atoms with Gasteiger partial charge in [0.2, 0.25) is 5.91 Å². The second-order valence-electron chi connectivity index (χ2n) is 3.95. The van der Waals surface area contributed by atoms with Crippen LogP contribution in [0.25, 0.3) is 0 Å². The lowest BCUT2D eigenvalue weighted by Gasteiger charge is -2.13. The van der Waals surface area contributed by atoms with Crippen molar-refractivity contribution in [3.63, 3.8) is 0 Å². The van der Waals surface area contributed by atoms with Gasteiger partial charge in [-0.05, 0) is 12.0 Å². The van der Waals surface area contributed by atoms with Crippen LogP contribution >= 0.6 is 0 Å². The smallest absolute Gasteiger partial charge is 0.354 e. The number of nitrogens with one attached hydrogen (secondary N) is 1. The van der Waals surface area contributed by atoms with Gasteiger partial charge in [0.05, 0.1) is 12.5 Å². The lowest BCUT2D eigenvalue weighted by molar-refractivity contribution is -0.135. The third kappa shape index (κ3) is 5.67. The molecule has 0 aliphatic heterocycles. The van der Waals surface area contributed by atoms with Gasteiger partial charge < -0.3 is 11.1 Å². The Balaban J connectivity index is 2.34. The lowest BCUT2D eigenvalue weighted by atomic mass is 10.1.